The van der Waals surface area contributed by atoms with Gasteiger partial charge in [0.1, 0.15) is 12.2 Å². The van der Waals surface area contributed by atoms with Gasteiger partial charge in [-0.15, -0.1) is 0 Å². The molecule has 0 atom stereocenters. The molecule has 0 unspecified atom stereocenters. The van der Waals surface area contributed by atoms with E-state index in [0.29, 0.717) is 12.2 Å². The molecular formula is C6H6O3. The number of hydrogen-bond donors (Lipinski definition) is 0. The highest BCUT2D eigenvalue weighted by Gasteiger charge is 2.16. The largest absolute Gasteiger partial charge is 0.495 e. The van der Waals surface area contributed by atoms with Crippen LogP contribution in [-0.2, 0) is 14.3 Å². The number of esters is 1. The molecule has 0 saturated heterocycles. The zero-order valence-electron chi connectivity index (χ0n) is 4.79. The topological polar surface area (TPSA) is 35.5 Å². The highest BCUT2D eigenvalue weighted by atomic mass is 16.5. The first-order chi connectivity index (χ1) is 4.34. The fourth-order valence-electron chi connectivity index (χ4n) is 0.425. The lowest BCUT2D eigenvalue weighted by Crippen LogP contribution is -2.15. The third kappa shape index (κ3) is 1.10. The van der Waals surface area contributed by atoms with Crippen LogP contribution in [0.2, 0.25) is 0 Å². The summed E-state index contributed by atoms with van der Waals surface area (Å²) in [5, 5.41) is 0. The molecule has 1 rings (SSSR count). The lowest BCUT2D eigenvalue weighted by atomic mass is 10.3. The molecule has 0 aliphatic carbocycles. The molecule has 3 nitrogen and oxygen atoms in total. The minimum absolute atomic E-state index is 0.354. The van der Waals surface area contributed by atoms with E-state index in [0.717, 1.165) is 6.26 Å². The van der Waals surface area contributed by atoms with E-state index in [4.69, 9.17) is 0 Å². The quantitative estimate of drug-likeness (QED) is 0.401. The molecule has 1 heterocycles. The van der Waals surface area contributed by atoms with E-state index in [9.17, 15) is 4.79 Å². The Balaban J connectivity index is 2.42. The van der Waals surface area contributed by atoms with Gasteiger partial charge in [0.05, 0.1) is 12.5 Å². The Bertz CT molecular complexity index is 169. The summed E-state index contributed by atoms with van der Waals surface area (Å²) >= 11 is 0. The fourth-order valence-corrected chi connectivity index (χ4v) is 0.425. The predicted octanol–water partition coefficient (Wildman–Crippen LogP) is 0.587. The van der Waals surface area contributed by atoms with Crippen LogP contribution in [0.4, 0.5) is 0 Å². The van der Waals surface area contributed by atoms with Gasteiger partial charge in [0, 0.05) is 0 Å². The maximum Gasteiger partial charge on any atom is 0.345 e. The Kier molecular flexibility index (Phi) is 1.53. The molecule has 1 aliphatic heterocycles. The molecule has 9 heavy (non-hydrogen) atoms. The molecule has 3 heteroatoms. The molecule has 48 valence electrons. The van der Waals surface area contributed by atoms with Crippen LogP contribution in [-0.4, -0.2) is 12.6 Å². The zero-order chi connectivity index (χ0) is 6.69. The molecular weight excluding hydrogens is 120 g/mol. The van der Waals surface area contributed by atoms with Crippen LogP contribution in [0.15, 0.2) is 24.7 Å². The van der Waals surface area contributed by atoms with Crippen molar-refractivity contribution in [3.05, 3.63) is 24.7 Å². The molecule has 0 spiro atoms. The lowest BCUT2D eigenvalue weighted by Gasteiger charge is -2.12. The molecule has 0 radical (unpaired) electrons. The molecule has 0 N–H and O–H groups in total. The number of carbonyl (C=O) groups excluding carboxylic acids is 1. The first-order valence-electron chi connectivity index (χ1n) is 2.47. The summed E-state index contributed by atoms with van der Waals surface area (Å²) in [6.45, 7) is 3.58. The molecule has 1 aliphatic rings. The molecule has 0 aromatic rings. The third-order valence-corrected chi connectivity index (χ3v) is 0.917. The van der Waals surface area contributed by atoms with Gasteiger partial charge in [-0.3, -0.25) is 0 Å². The van der Waals surface area contributed by atoms with E-state index in [1.807, 2.05) is 0 Å². The smallest absolute Gasteiger partial charge is 0.345 e. The van der Waals surface area contributed by atoms with Gasteiger partial charge in [0.2, 0.25) is 0 Å². The van der Waals surface area contributed by atoms with Crippen molar-refractivity contribution in [3.8, 4) is 0 Å². The minimum atomic E-state index is -0.378. The van der Waals surface area contributed by atoms with E-state index in [1.165, 1.54) is 6.26 Å². The van der Waals surface area contributed by atoms with E-state index in [-0.39, 0.29) is 5.97 Å². The van der Waals surface area contributed by atoms with Crippen molar-refractivity contribution in [2.45, 2.75) is 0 Å². The Morgan fingerprint density at radius 1 is 2.00 bits per heavy atom. The summed E-state index contributed by atoms with van der Waals surface area (Å²) in [6, 6.07) is 0. The summed E-state index contributed by atoms with van der Waals surface area (Å²) in [5.41, 5.74) is 0.551. The van der Waals surface area contributed by atoms with Crippen molar-refractivity contribution in [2.75, 3.05) is 6.61 Å². The molecule has 0 aromatic carbocycles. The van der Waals surface area contributed by atoms with Crippen LogP contribution < -0.4 is 0 Å². The van der Waals surface area contributed by atoms with Crippen molar-refractivity contribution in [1.82, 2.24) is 0 Å². The Morgan fingerprint density at radius 2 is 2.67 bits per heavy atom. The van der Waals surface area contributed by atoms with Gasteiger partial charge in [-0.1, -0.05) is 6.58 Å². The molecule has 0 fully saturated rings. The van der Waals surface area contributed by atoms with Crippen LogP contribution in [0.25, 0.3) is 0 Å². The summed E-state index contributed by atoms with van der Waals surface area (Å²) in [5.74, 6) is -0.378. The number of carbonyl (C=O) groups is 1. The first kappa shape index (κ1) is 5.88. The maximum absolute atomic E-state index is 10.6. The van der Waals surface area contributed by atoms with Crippen LogP contribution in [0.3, 0.4) is 0 Å². The third-order valence-electron chi connectivity index (χ3n) is 0.917. The predicted molar refractivity (Wildman–Crippen MR) is 30.3 cm³/mol. The van der Waals surface area contributed by atoms with Gasteiger partial charge < -0.3 is 9.47 Å². The second-order valence-corrected chi connectivity index (χ2v) is 1.53. The molecule has 0 bridgehead atoms. The van der Waals surface area contributed by atoms with Crippen LogP contribution in [0, 0.1) is 0 Å². The average molecular weight is 126 g/mol. The maximum atomic E-state index is 10.6. The number of rotatable bonds is 2. The van der Waals surface area contributed by atoms with Crippen molar-refractivity contribution in [1.29, 1.82) is 0 Å². The zero-order valence-corrected chi connectivity index (χ0v) is 4.79. The molecule has 0 amide bonds. The van der Waals surface area contributed by atoms with Crippen molar-refractivity contribution in [3.63, 3.8) is 0 Å². The molecule has 0 saturated carbocycles. The van der Waals surface area contributed by atoms with Crippen LogP contribution >= 0.6 is 0 Å². The minimum Gasteiger partial charge on any atom is -0.495 e. The van der Waals surface area contributed by atoms with Gasteiger partial charge in [-0.2, -0.15) is 0 Å². The highest BCUT2D eigenvalue weighted by molar-refractivity contribution is 5.89. The van der Waals surface area contributed by atoms with Gasteiger partial charge in [-0.05, 0) is 0 Å². The van der Waals surface area contributed by atoms with Crippen molar-refractivity contribution >= 4 is 5.97 Å². The van der Waals surface area contributed by atoms with Crippen LogP contribution in [0.1, 0.15) is 0 Å². The van der Waals surface area contributed by atoms with Crippen molar-refractivity contribution < 1.29 is 14.3 Å². The van der Waals surface area contributed by atoms with E-state index in [1.54, 1.807) is 0 Å². The van der Waals surface area contributed by atoms with Gasteiger partial charge in [-0.25, -0.2) is 4.79 Å². The standard InChI is InChI=1S/C6H6O3/c1-2-9-6(7)5-3-8-4-5/h2-3H,1,4H2. The van der Waals surface area contributed by atoms with Gasteiger partial charge in [0.15, 0.2) is 0 Å². The Labute approximate surface area is 52.6 Å². The SMILES string of the molecule is C=COC(=O)C1=COC1. The average Bonchev–Trinajstić information content (AvgIpc) is 1.60. The van der Waals surface area contributed by atoms with Crippen molar-refractivity contribution in [2.24, 2.45) is 0 Å². The summed E-state index contributed by atoms with van der Waals surface area (Å²) in [4.78, 5) is 10.6. The molecule has 0 aromatic heterocycles. The van der Waals surface area contributed by atoms with E-state index in [2.05, 4.69) is 16.1 Å². The second kappa shape index (κ2) is 2.35. The lowest BCUT2D eigenvalue weighted by molar-refractivity contribution is -0.135. The summed E-state index contributed by atoms with van der Waals surface area (Å²) in [7, 11) is 0. The number of ether oxygens (including phenoxy) is 2. The van der Waals surface area contributed by atoms with E-state index < -0.39 is 0 Å². The van der Waals surface area contributed by atoms with E-state index >= 15 is 0 Å². The monoisotopic (exact) mass is 126 g/mol. The van der Waals surface area contributed by atoms with Gasteiger partial charge in [0.25, 0.3) is 0 Å². The Hall–Kier alpha value is -1.25. The Morgan fingerprint density at radius 3 is 3.00 bits per heavy atom. The summed E-state index contributed by atoms with van der Waals surface area (Å²) < 4.78 is 9.03. The highest BCUT2D eigenvalue weighted by Crippen LogP contribution is 2.08. The van der Waals surface area contributed by atoms with Crippen LogP contribution in [0.5, 0.6) is 0 Å². The summed E-state index contributed by atoms with van der Waals surface area (Å²) in [6.07, 6.45) is 2.47. The fraction of sp³-hybridized carbons (Fsp3) is 0.167. The first-order valence-corrected chi connectivity index (χ1v) is 2.47. The number of hydrogen-bond acceptors (Lipinski definition) is 3. The van der Waals surface area contributed by atoms with Gasteiger partial charge >= 0.3 is 5.97 Å². The normalized spacial score (nSPS) is 14.4. The second-order valence-electron chi connectivity index (χ2n) is 1.53.